The van der Waals surface area contributed by atoms with Gasteiger partial charge in [0.25, 0.3) is 0 Å². The molecule has 96 valence electrons. The van der Waals surface area contributed by atoms with Crippen LogP contribution in [0.4, 0.5) is 5.95 Å². The fourth-order valence-electron chi connectivity index (χ4n) is 2.27. The van der Waals surface area contributed by atoms with Gasteiger partial charge in [-0.3, -0.25) is 0 Å². The minimum Gasteiger partial charge on any atom is -0.497 e. The molecule has 1 aliphatic heterocycles. The molecule has 0 bridgehead atoms. The fourth-order valence-corrected chi connectivity index (χ4v) is 2.27. The summed E-state index contributed by atoms with van der Waals surface area (Å²) in [5.74, 6) is 1.82. The van der Waals surface area contributed by atoms with E-state index >= 15 is 0 Å². The highest BCUT2D eigenvalue weighted by Crippen LogP contribution is 2.22. The summed E-state index contributed by atoms with van der Waals surface area (Å²) in [4.78, 5) is 12.6. The molecule has 2 aromatic rings. The third-order valence-corrected chi connectivity index (χ3v) is 3.48. The van der Waals surface area contributed by atoms with Gasteiger partial charge in [0.05, 0.1) is 18.1 Å². The topological polar surface area (TPSA) is 44.4 Å². The SMILES string of the molecule is COc1ccc2nc(N3CCN(C)CC3)[nH]c2c1. The maximum Gasteiger partial charge on any atom is 0.203 e. The van der Waals surface area contributed by atoms with Gasteiger partial charge in [0.15, 0.2) is 0 Å². The van der Waals surface area contributed by atoms with E-state index in [1.54, 1.807) is 7.11 Å². The monoisotopic (exact) mass is 246 g/mol. The van der Waals surface area contributed by atoms with E-state index in [1.807, 2.05) is 18.2 Å². The van der Waals surface area contributed by atoms with Crippen molar-refractivity contribution in [3.8, 4) is 5.75 Å². The second-order valence-corrected chi connectivity index (χ2v) is 4.73. The summed E-state index contributed by atoms with van der Waals surface area (Å²) < 4.78 is 5.22. The number of aromatic nitrogens is 2. The average molecular weight is 246 g/mol. The van der Waals surface area contributed by atoms with Gasteiger partial charge in [-0.1, -0.05) is 0 Å². The lowest BCUT2D eigenvalue weighted by atomic mass is 10.3. The van der Waals surface area contributed by atoms with Gasteiger partial charge in [-0.05, 0) is 19.2 Å². The molecule has 3 rings (SSSR count). The predicted molar refractivity (Wildman–Crippen MR) is 72.4 cm³/mol. The third kappa shape index (κ3) is 2.01. The molecule has 18 heavy (non-hydrogen) atoms. The molecule has 0 unspecified atom stereocenters. The lowest BCUT2D eigenvalue weighted by Crippen LogP contribution is -2.44. The van der Waals surface area contributed by atoms with Crippen molar-refractivity contribution in [3.05, 3.63) is 18.2 Å². The summed E-state index contributed by atoms with van der Waals surface area (Å²) in [6.45, 7) is 4.21. The Bertz CT molecular complexity index is 543. The van der Waals surface area contributed by atoms with Crippen molar-refractivity contribution in [2.24, 2.45) is 0 Å². The number of piperazine rings is 1. The lowest BCUT2D eigenvalue weighted by molar-refractivity contribution is 0.311. The summed E-state index contributed by atoms with van der Waals surface area (Å²) in [7, 11) is 3.83. The quantitative estimate of drug-likeness (QED) is 0.868. The molecule has 5 heteroatoms. The summed E-state index contributed by atoms with van der Waals surface area (Å²) in [5.41, 5.74) is 2.02. The molecule has 0 radical (unpaired) electrons. The smallest absolute Gasteiger partial charge is 0.203 e. The van der Waals surface area contributed by atoms with Gasteiger partial charge in [0, 0.05) is 32.2 Å². The number of rotatable bonds is 2. The van der Waals surface area contributed by atoms with E-state index in [0.717, 1.165) is 48.9 Å². The largest absolute Gasteiger partial charge is 0.497 e. The number of likely N-dealkylation sites (N-methyl/N-ethyl adjacent to an activating group) is 1. The van der Waals surface area contributed by atoms with Gasteiger partial charge in [-0.25, -0.2) is 4.98 Å². The summed E-state index contributed by atoms with van der Waals surface area (Å²) in [6.07, 6.45) is 0. The number of hydrogen-bond acceptors (Lipinski definition) is 4. The third-order valence-electron chi connectivity index (χ3n) is 3.48. The molecule has 0 amide bonds. The van der Waals surface area contributed by atoms with Crippen LogP contribution >= 0.6 is 0 Å². The molecule has 0 saturated carbocycles. The van der Waals surface area contributed by atoms with E-state index in [0.29, 0.717) is 0 Å². The Balaban J connectivity index is 1.88. The molecule has 2 heterocycles. The van der Waals surface area contributed by atoms with Crippen LogP contribution in [-0.2, 0) is 0 Å². The van der Waals surface area contributed by atoms with Crippen molar-refractivity contribution >= 4 is 17.0 Å². The molecule has 1 aromatic carbocycles. The van der Waals surface area contributed by atoms with Crippen molar-refractivity contribution in [1.29, 1.82) is 0 Å². The van der Waals surface area contributed by atoms with E-state index in [-0.39, 0.29) is 0 Å². The Morgan fingerprint density at radius 1 is 1.22 bits per heavy atom. The van der Waals surface area contributed by atoms with E-state index in [2.05, 4.69) is 26.8 Å². The number of aromatic amines is 1. The van der Waals surface area contributed by atoms with Gasteiger partial charge in [0.1, 0.15) is 5.75 Å². The lowest BCUT2D eigenvalue weighted by Gasteiger charge is -2.32. The number of imidazole rings is 1. The van der Waals surface area contributed by atoms with Crippen molar-refractivity contribution in [3.63, 3.8) is 0 Å². The van der Waals surface area contributed by atoms with Crippen LogP contribution in [0.1, 0.15) is 0 Å². The Morgan fingerprint density at radius 3 is 2.72 bits per heavy atom. The Labute approximate surface area is 106 Å². The molecule has 1 aromatic heterocycles. The van der Waals surface area contributed by atoms with E-state index in [9.17, 15) is 0 Å². The predicted octanol–water partition coefficient (Wildman–Crippen LogP) is 1.32. The van der Waals surface area contributed by atoms with E-state index < -0.39 is 0 Å². The van der Waals surface area contributed by atoms with Crippen molar-refractivity contribution in [2.45, 2.75) is 0 Å². The van der Waals surface area contributed by atoms with Gasteiger partial charge in [-0.15, -0.1) is 0 Å². The zero-order valence-corrected chi connectivity index (χ0v) is 10.8. The molecule has 1 fully saturated rings. The number of ether oxygens (including phenoxy) is 1. The van der Waals surface area contributed by atoms with Crippen LogP contribution in [-0.4, -0.2) is 55.2 Å². The van der Waals surface area contributed by atoms with Crippen LogP contribution in [0.15, 0.2) is 18.2 Å². The number of nitrogens with one attached hydrogen (secondary N) is 1. The minimum absolute atomic E-state index is 0.857. The standard InChI is InChI=1S/C13H18N4O/c1-16-5-7-17(8-6-16)13-14-11-4-3-10(18-2)9-12(11)15-13/h3-4,9H,5-8H2,1-2H3,(H,14,15). The number of anilines is 1. The number of nitrogens with zero attached hydrogens (tertiary/aromatic N) is 3. The van der Waals surface area contributed by atoms with Gasteiger partial charge >= 0.3 is 0 Å². The molecule has 1 aliphatic rings. The van der Waals surface area contributed by atoms with E-state index in [1.165, 1.54) is 0 Å². The maximum atomic E-state index is 5.22. The van der Waals surface area contributed by atoms with Gasteiger partial charge < -0.3 is 19.5 Å². The zero-order valence-electron chi connectivity index (χ0n) is 10.8. The zero-order chi connectivity index (χ0) is 12.5. The summed E-state index contributed by atoms with van der Waals surface area (Å²) in [5, 5.41) is 0. The molecular weight excluding hydrogens is 228 g/mol. The Kier molecular flexibility index (Phi) is 2.83. The molecule has 0 atom stereocenters. The first-order chi connectivity index (χ1) is 8.76. The van der Waals surface area contributed by atoms with Crippen LogP contribution in [0, 0.1) is 0 Å². The van der Waals surface area contributed by atoms with E-state index in [4.69, 9.17) is 4.74 Å². The molecule has 1 N–H and O–H groups in total. The van der Waals surface area contributed by atoms with Gasteiger partial charge in [-0.2, -0.15) is 0 Å². The van der Waals surface area contributed by atoms with Crippen LogP contribution in [0.25, 0.3) is 11.0 Å². The molecule has 5 nitrogen and oxygen atoms in total. The minimum atomic E-state index is 0.857. The summed E-state index contributed by atoms with van der Waals surface area (Å²) in [6, 6.07) is 5.92. The normalized spacial score (nSPS) is 17.3. The fraction of sp³-hybridized carbons (Fsp3) is 0.462. The highest BCUT2D eigenvalue weighted by Gasteiger charge is 2.17. The number of fused-ring (bicyclic) bond motifs is 1. The van der Waals surface area contributed by atoms with Crippen LogP contribution in [0.3, 0.4) is 0 Å². The van der Waals surface area contributed by atoms with Crippen molar-refractivity contribution in [1.82, 2.24) is 14.9 Å². The van der Waals surface area contributed by atoms with Crippen molar-refractivity contribution in [2.75, 3.05) is 45.2 Å². The Morgan fingerprint density at radius 2 is 2.00 bits per heavy atom. The molecular formula is C13H18N4O. The second kappa shape index (κ2) is 4.49. The Hall–Kier alpha value is -1.75. The summed E-state index contributed by atoms with van der Waals surface area (Å²) >= 11 is 0. The number of hydrogen-bond donors (Lipinski definition) is 1. The first kappa shape index (κ1) is 11.3. The second-order valence-electron chi connectivity index (χ2n) is 4.73. The number of methoxy groups -OCH3 is 1. The maximum absolute atomic E-state index is 5.22. The molecule has 1 saturated heterocycles. The van der Waals surface area contributed by atoms with Crippen LogP contribution in [0.5, 0.6) is 5.75 Å². The number of H-pyrrole nitrogens is 1. The van der Waals surface area contributed by atoms with Crippen LogP contribution < -0.4 is 9.64 Å². The van der Waals surface area contributed by atoms with Gasteiger partial charge in [0.2, 0.25) is 5.95 Å². The average Bonchev–Trinajstić information content (AvgIpc) is 2.82. The molecule has 0 aliphatic carbocycles. The first-order valence-corrected chi connectivity index (χ1v) is 6.23. The highest BCUT2D eigenvalue weighted by molar-refractivity contribution is 5.79. The van der Waals surface area contributed by atoms with Crippen molar-refractivity contribution < 1.29 is 4.74 Å². The highest BCUT2D eigenvalue weighted by atomic mass is 16.5. The number of benzene rings is 1. The van der Waals surface area contributed by atoms with Crippen LogP contribution in [0.2, 0.25) is 0 Å². The molecule has 0 spiro atoms. The first-order valence-electron chi connectivity index (χ1n) is 6.23.